The molecule has 0 spiro atoms. The molecule has 9 nitrogen and oxygen atoms in total. The predicted octanol–water partition coefficient (Wildman–Crippen LogP) is 6.70. The van der Waals surface area contributed by atoms with E-state index in [-0.39, 0.29) is 62.9 Å². The van der Waals surface area contributed by atoms with Crippen molar-refractivity contribution in [1.29, 1.82) is 0 Å². The zero-order valence-corrected chi connectivity index (χ0v) is 35.8. The number of hydrogen-bond acceptors (Lipinski definition) is 8. The van der Waals surface area contributed by atoms with Crippen LogP contribution in [0.2, 0.25) is 0 Å². The molecule has 0 radical (unpaired) electrons. The average Bonchev–Trinajstić information content (AvgIpc) is 3.45. The van der Waals surface area contributed by atoms with Crippen molar-refractivity contribution in [2.75, 3.05) is 31.1 Å². The van der Waals surface area contributed by atoms with Crippen molar-refractivity contribution < 1.29 is 27.9 Å². The zero-order valence-electron chi connectivity index (χ0n) is 35.0. The molecular formula is C44H73N3O6S. The van der Waals surface area contributed by atoms with Gasteiger partial charge in [0.15, 0.2) is 9.84 Å². The summed E-state index contributed by atoms with van der Waals surface area (Å²) >= 11 is 0. The Balaban J connectivity index is 1.11. The number of nitrogens with zero attached hydrogens (tertiary/aromatic N) is 1. The van der Waals surface area contributed by atoms with Crippen molar-refractivity contribution in [3.05, 3.63) is 12.2 Å². The number of carbonyl (C=O) groups excluding carboxylic acids is 1. The van der Waals surface area contributed by atoms with E-state index in [9.17, 15) is 23.1 Å². The van der Waals surface area contributed by atoms with Crippen LogP contribution in [0.25, 0.3) is 0 Å². The average molecular weight is 772 g/mol. The molecule has 306 valence electrons. The van der Waals surface area contributed by atoms with Crippen LogP contribution < -0.4 is 11.1 Å². The highest BCUT2D eigenvalue weighted by atomic mass is 32.2. The van der Waals surface area contributed by atoms with E-state index in [2.05, 4.69) is 65.3 Å². The summed E-state index contributed by atoms with van der Waals surface area (Å²) in [7, 11) is -2.96. The highest BCUT2D eigenvalue weighted by Crippen LogP contribution is 2.76. The molecule has 6 saturated carbocycles. The minimum absolute atomic E-state index is 0.0345. The topological polar surface area (TPSA) is 139 Å². The Morgan fingerprint density at radius 2 is 1.54 bits per heavy atom. The second-order valence-corrected chi connectivity index (χ2v) is 24.0. The molecule has 10 heteroatoms. The van der Waals surface area contributed by atoms with Gasteiger partial charge in [-0.2, -0.15) is 0 Å². The number of carboxylic acid groups (broad SMARTS) is 1. The van der Waals surface area contributed by atoms with Crippen LogP contribution in [0.3, 0.4) is 0 Å². The summed E-state index contributed by atoms with van der Waals surface area (Å²) in [5.41, 5.74) is 7.76. The Kier molecular flexibility index (Phi) is 10.0. The molecule has 0 aromatic carbocycles. The first-order valence-electron chi connectivity index (χ1n) is 21.5. The summed E-state index contributed by atoms with van der Waals surface area (Å²) in [6, 6.07) is 0.0408. The minimum Gasteiger partial charge on any atom is -0.481 e. The van der Waals surface area contributed by atoms with Gasteiger partial charge >= 0.3 is 11.9 Å². The van der Waals surface area contributed by atoms with Crippen LogP contribution in [0.15, 0.2) is 12.2 Å². The van der Waals surface area contributed by atoms with Gasteiger partial charge in [0.25, 0.3) is 0 Å². The molecule has 7 aliphatic rings. The third kappa shape index (κ3) is 6.01. The molecule has 7 fully saturated rings. The van der Waals surface area contributed by atoms with Crippen LogP contribution in [0, 0.1) is 68.5 Å². The summed E-state index contributed by atoms with van der Waals surface area (Å²) in [6.45, 7) is 27.1. The normalized spacial score (nSPS) is 47.1. The van der Waals surface area contributed by atoms with Crippen LogP contribution in [0.4, 0.5) is 0 Å². The molecule has 1 aliphatic heterocycles. The minimum atomic E-state index is -2.96. The largest absolute Gasteiger partial charge is 0.481 e. The number of rotatable bonds is 9. The first kappa shape index (κ1) is 40.7. The number of aliphatic carboxylic acids is 1. The van der Waals surface area contributed by atoms with E-state index in [1.54, 1.807) is 0 Å². The molecule has 0 amide bonds. The maximum absolute atomic E-state index is 13.5. The molecular weight excluding hydrogens is 699 g/mol. The van der Waals surface area contributed by atoms with Crippen molar-refractivity contribution in [2.24, 2.45) is 74.2 Å². The van der Waals surface area contributed by atoms with E-state index in [4.69, 9.17) is 10.5 Å². The van der Waals surface area contributed by atoms with E-state index in [1.807, 2.05) is 13.8 Å². The third-order valence-electron chi connectivity index (χ3n) is 18.7. The lowest BCUT2D eigenvalue weighted by molar-refractivity contribution is -0.246. The second-order valence-electron chi connectivity index (χ2n) is 21.7. The molecule has 1 saturated heterocycles. The van der Waals surface area contributed by atoms with Gasteiger partial charge in [-0.15, -0.1) is 0 Å². The zero-order chi connectivity index (χ0) is 39.6. The number of carboxylic acids is 1. The van der Waals surface area contributed by atoms with Gasteiger partial charge in [-0.25, -0.2) is 8.42 Å². The van der Waals surface area contributed by atoms with Gasteiger partial charge in [0.05, 0.1) is 23.3 Å². The number of esters is 1. The molecule has 4 N–H and O–H groups in total. The van der Waals surface area contributed by atoms with E-state index in [0.29, 0.717) is 42.7 Å². The summed E-state index contributed by atoms with van der Waals surface area (Å²) in [4.78, 5) is 27.7. The first-order valence-corrected chi connectivity index (χ1v) is 23.3. The van der Waals surface area contributed by atoms with Crippen LogP contribution in [0.5, 0.6) is 0 Å². The SMILES string of the molecule is C=C(C)[C@@H]1CC[C@]2(NC[C@@H]([C@H](C)N)N3CCS(=O)(=O)CC3)CC[C@]3(C)[C@H](CC[C@@H]4[C@@]5(C)CC[C@H](OC(=O)[C@H]6[C@@H](C(=O)O)C6(C)C)C(C)(C)[C@@H]5CC[C@]43C)[C@@H]12. The van der Waals surface area contributed by atoms with Crippen molar-refractivity contribution >= 4 is 21.8 Å². The molecule has 7 rings (SSSR count). The lowest BCUT2D eigenvalue weighted by Gasteiger charge is -2.73. The van der Waals surface area contributed by atoms with Crippen LogP contribution >= 0.6 is 0 Å². The molecule has 54 heavy (non-hydrogen) atoms. The molecule has 0 bridgehead atoms. The molecule has 0 unspecified atom stereocenters. The van der Waals surface area contributed by atoms with Gasteiger partial charge in [0.1, 0.15) is 6.10 Å². The maximum Gasteiger partial charge on any atom is 0.310 e. The number of nitrogens with one attached hydrogen (secondary N) is 1. The Labute approximate surface area is 326 Å². The maximum atomic E-state index is 13.5. The van der Waals surface area contributed by atoms with Crippen molar-refractivity contribution in [1.82, 2.24) is 10.2 Å². The van der Waals surface area contributed by atoms with E-state index < -0.39 is 33.1 Å². The lowest BCUT2D eigenvalue weighted by Crippen LogP contribution is -2.69. The van der Waals surface area contributed by atoms with Gasteiger partial charge in [-0.1, -0.05) is 60.6 Å². The smallest absolute Gasteiger partial charge is 0.310 e. The number of fused-ring (bicyclic) bond motifs is 7. The highest BCUT2D eigenvalue weighted by molar-refractivity contribution is 7.91. The lowest BCUT2D eigenvalue weighted by atomic mass is 9.32. The Bertz CT molecular complexity index is 1630. The number of allylic oxidation sites excluding steroid dienone is 1. The summed E-state index contributed by atoms with van der Waals surface area (Å²) in [5.74, 6) is 0.598. The Hall–Kier alpha value is -1.49. The quantitative estimate of drug-likeness (QED) is 0.173. The monoisotopic (exact) mass is 772 g/mol. The number of ether oxygens (including phenoxy) is 1. The predicted molar refractivity (Wildman–Crippen MR) is 213 cm³/mol. The fourth-order valence-electron chi connectivity index (χ4n) is 15.4. The number of hydrogen-bond donors (Lipinski definition) is 3. The summed E-state index contributed by atoms with van der Waals surface area (Å²) in [6.07, 6.45) is 11.1. The van der Waals surface area contributed by atoms with Crippen molar-refractivity contribution in [3.8, 4) is 0 Å². The number of sulfone groups is 1. The Morgan fingerprint density at radius 3 is 2.13 bits per heavy atom. The molecule has 0 aromatic rings. The van der Waals surface area contributed by atoms with Gasteiger partial charge in [-0.3, -0.25) is 14.5 Å². The first-order chi connectivity index (χ1) is 25.0. The van der Waals surface area contributed by atoms with E-state index in [0.717, 1.165) is 38.6 Å². The van der Waals surface area contributed by atoms with Gasteiger partial charge in [0.2, 0.25) is 0 Å². The summed E-state index contributed by atoms with van der Waals surface area (Å²) in [5, 5.41) is 14.0. The van der Waals surface area contributed by atoms with Crippen LogP contribution in [0.1, 0.15) is 127 Å². The molecule has 14 atom stereocenters. The molecule has 0 aromatic heterocycles. The standard InChI is InChI=1S/C44H73N3O6S/c1-26(2)28-13-18-44(46-25-30(27(3)45)47-21-23-54(51,52)24-22-47)20-19-42(9)29(34(28)44)11-12-32-41(8)16-15-33(39(4,5)31(41)14-17-43(32,42)10)53-38(50)36-35(37(48)49)40(36,6)7/h27-36,46H,1,11-25,45H2,2-10H3,(H,48,49)/t27-,28-,29+,30-,31-,32+,33-,34+,35-,36+,41-,42+,43+,44-/m0/s1. The van der Waals surface area contributed by atoms with E-state index in [1.165, 1.54) is 37.7 Å². The van der Waals surface area contributed by atoms with Gasteiger partial charge in [-0.05, 0) is 129 Å². The number of carbonyl (C=O) groups is 2. The van der Waals surface area contributed by atoms with Crippen LogP contribution in [-0.4, -0.2) is 85.2 Å². The van der Waals surface area contributed by atoms with E-state index >= 15 is 0 Å². The third-order valence-corrected chi connectivity index (χ3v) is 20.3. The van der Waals surface area contributed by atoms with Crippen LogP contribution in [-0.2, 0) is 24.2 Å². The van der Waals surface area contributed by atoms with Gasteiger partial charge in [0, 0.05) is 42.7 Å². The number of nitrogens with two attached hydrogens (primary N) is 1. The molecule has 6 aliphatic carbocycles. The van der Waals surface area contributed by atoms with Crippen molar-refractivity contribution in [2.45, 2.75) is 150 Å². The van der Waals surface area contributed by atoms with Gasteiger partial charge < -0.3 is 20.9 Å². The fraction of sp³-hybridized carbons (Fsp3) is 0.909. The fourth-order valence-corrected chi connectivity index (χ4v) is 16.6. The highest BCUT2D eigenvalue weighted by Gasteiger charge is 2.72. The van der Waals surface area contributed by atoms with Crippen molar-refractivity contribution in [3.63, 3.8) is 0 Å². The second kappa shape index (κ2) is 13.3. The summed E-state index contributed by atoms with van der Waals surface area (Å²) < 4.78 is 30.9. The Morgan fingerprint density at radius 1 is 0.870 bits per heavy atom. The molecule has 1 heterocycles.